The van der Waals surface area contributed by atoms with Crippen molar-refractivity contribution in [2.24, 2.45) is 10.2 Å². The van der Waals surface area contributed by atoms with Crippen LogP contribution in [0.2, 0.25) is 5.02 Å². The fourth-order valence-corrected chi connectivity index (χ4v) is 1.08. The van der Waals surface area contributed by atoms with E-state index in [2.05, 4.69) is 10.2 Å². The van der Waals surface area contributed by atoms with Gasteiger partial charge < -0.3 is 4.74 Å². The van der Waals surface area contributed by atoms with Crippen LogP contribution < -0.4 is 4.74 Å². The molecule has 0 spiro atoms. The van der Waals surface area contributed by atoms with Gasteiger partial charge in [-0.05, 0) is 26.0 Å². The van der Waals surface area contributed by atoms with Crippen molar-refractivity contribution in [1.82, 2.24) is 0 Å². The van der Waals surface area contributed by atoms with Crippen LogP contribution in [0, 0.1) is 0 Å². The summed E-state index contributed by atoms with van der Waals surface area (Å²) >= 11 is 5.96. The second-order valence-electron chi connectivity index (χ2n) is 3.13. The maximum atomic E-state index is 5.96. The van der Waals surface area contributed by atoms with Crippen molar-refractivity contribution < 1.29 is 4.74 Å². The summed E-state index contributed by atoms with van der Waals surface area (Å²) in [7, 11) is 1.60. The molecule has 0 aliphatic rings. The van der Waals surface area contributed by atoms with Gasteiger partial charge in [0, 0.05) is 6.07 Å². The maximum Gasteiger partial charge on any atom is 0.120 e. The van der Waals surface area contributed by atoms with Crippen molar-refractivity contribution in [3.8, 4) is 5.75 Å². The Labute approximate surface area is 88.8 Å². The molecule has 0 aliphatic heterocycles. The summed E-state index contributed by atoms with van der Waals surface area (Å²) in [4.78, 5) is 0. The molecule has 0 bridgehead atoms. The molecule has 0 atom stereocenters. The van der Waals surface area contributed by atoms with Gasteiger partial charge in [-0.1, -0.05) is 11.6 Å². The molecule has 0 aromatic heterocycles. The smallest absolute Gasteiger partial charge is 0.120 e. The first-order chi connectivity index (χ1) is 6.63. The third-order valence-corrected chi connectivity index (χ3v) is 1.85. The Morgan fingerprint density at radius 2 is 2.07 bits per heavy atom. The number of hydrogen-bond donors (Lipinski definition) is 0. The van der Waals surface area contributed by atoms with Crippen molar-refractivity contribution in [2.75, 3.05) is 7.11 Å². The predicted molar refractivity (Wildman–Crippen MR) is 57.7 cm³/mol. The molecule has 14 heavy (non-hydrogen) atoms. The van der Waals surface area contributed by atoms with E-state index in [9.17, 15) is 0 Å². The normalized spacial score (nSPS) is 11.2. The van der Waals surface area contributed by atoms with E-state index < -0.39 is 0 Å². The summed E-state index contributed by atoms with van der Waals surface area (Å²) in [5, 5.41) is 8.58. The standard InChI is InChI=1S/C10H13ClN2O/c1-7(2)12-13-10-5-4-8(14-3)6-9(10)11/h4-7H,1-3H3. The second kappa shape index (κ2) is 4.96. The van der Waals surface area contributed by atoms with Crippen molar-refractivity contribution in [1.29, 1.82) is 0 Å². The molecule has 0 heterocycles. The summed E-state index contributed by atoms with van der Waals surface area (Å²) < 4.78 is 5.02. The monoisotopic (exact) mass is 212 g/mol. The molecule has 1 aromatic rings. The predicted octanol–water partition coefficient (Wildman–Crippen LogP) is 3.84. The molecular weight excluding hydrogens is 200 g/mol. The Morgan fingerprint density at radius 1 is 1.36 bits per heavy atom. The van der Waals surface area contributed by atoms with Gasteiger partial charge >= 0.3 is 0 Å². The van der Waals surface area contributed by atoms with E-state index in [1.807, 2.05) is 13.8 Å². The minimum atomic E-state index is 0.174. The highest BCUT2D eigenvalue weighted by Gasteiger charge is 2.00. The van der Waals surface area contributed by atoms with Crippen LogP contribution in [0.15, 0.2) is 28.4 Å². The Kier molecular flexibility index (Phi) is 3.89. The number of hydrogen-bond acceptors (Lipinski definition) is 3. The fourth-order valence-electron chi connectivity index (χ4n) is 0.873. The molecule has 76 valence electrons. The van der Waals surface area contributed by atoms with Crippen LogP contribution >= 0.6 is 11.6 Å². The summed E-state index contributed by atoms with van der Waals surface area (Å²) in [5.74, 6) is 0.721. The zero-order valence-electron chi connectivity index (χ0n) is 8.49. The van der Waals surface area contributed by atoms with Crippen molar-refractivity contribution in [2.45, 2.75) is 19.9 Å². The Balaban J connectivity index is 2.89. The average molecular weight is 213 g/mol. The molecule has 0 radical (unpaired) electrons. The Morgan fingerprint density at radius 3 is 2.57 bits per heavy atom. The minimum absolute atomic E-state index is 0.174. The van der Waals surface area contributed by atoms with Gasteiger partial charge in [0.2, 0.25) is 0 Å². The molecule has 0 aliphatic carbocycles. The number of azo groups is 1. The third kappa shape index (κ3) is 3.00. The van der Waals surface area contributed by atoms with Gasteiger partial charge in [0.15, 0.2) is 0 Å². The lowest BCUT2D eigenvalue weighted by molar-refractivity contribution is 0.415. The van der Waals surface area contributed by atoms with E-state index in [0.717, 1.165) is 5.75 Å². The van der Waals surface area contributed by atoms with Crippen LogP contribution in [-0.2, 0) is 0 Å². The average Bonchev–Trinajstić information content (AvgIpc) is 2.15. The summed E-state index contributed by atoms with van der Waals surface area (Å²) in [5.41, 5.74) is 0.668. The zero-order valence-corrected chi connectivity index (χ0v) is 9.25. The SMILES string of the molecule is COc1ccc(N=NC(C)C)c(Cl)c1. The largest absolute Gasteiger partial charge is 0.497 e. The lowest BCUT2D eigenvalue weighted by Gasteiger charge is -2.01. The molecule has 0 saturated carbocycles. The van der Waals surface area contributed by atoms with Crippen LogP contribution in [0.5, 0.6) is 5.75 Å². The molecule has 3 nitrogen and oxygen atoms in total. The molecule has 4 heteroatoms. The second-order valence-corrected chi connectivity index (χ2v) is 3.53. The molecule has 0 N–H and O–H groups in total. The molecule has 0 saturated heterocycles. The first kappa shape index (κ1) is 11.0. The van der Waals surface area contributed by atoms with E-state index in [0.29, 0.717) is 10.7 Å². The fraction of sp³-hybridized carbons (Fsp3) is 0.400. The van der Waals surface area contributed by atoms with Crippen LogP contribution in [0.3, 0.4) is 0 Å². The Hall–Kier alpha value is -1.09. The van der Waals surface area contributed by atoms with Crippen molar-refractivity contribution in [3.05, 3.63) is 23.2 Å². The minimum Gasteiger partial charge on any atom is -0.497 e. The molecule has 1 rings (SSSR count). The van der Waals surface area contributed by atoms with Crippen molar-refractivity contribution >= 4 is 17.3 Å². The van der Waals surface area contributed by atoms with E-state index in [4.69, 9.17) is 16.3 Å². The number of nitrogens with zero attached hydrogens (tertiary/aromatic N) is 2. The van der Waals surface area contributed by atoms with Gasteiger partial charge in [0.05, 0.1) is 18.2 Å². The molecule has 0 amide bonds. The van der Waals surface area contributed by atoms with Crippen LogP contribution in [0.4, 0.5) is 5.69 Å². The van der Waals surface area contributed by atoms with Gasteiger partial charge in [-0.3, -0.25) is 0 Å². The molecule has 0 unspecified atom stereocenters. The highest BCUT2D eigenvalue weighted by Crippen LogP contribution is 2.29. The van der Waals surface area contributed by atoms with E-state index in [1.54, 1.807) is 25.3 Å². The first-order valence-corrected chi connectivity index (χ1v) is 4.75. The van der Waals surface area contributed by atoms with E-state index >= 15 is 0 Å². The lowest BCUT2D eigenvalue weighted by Crippen LogP contribution is -1.85. The van der Waals surface area contributed by atoms with E-state index in [-0.39, 0.29) is 6.04 Å². The van der Waals surface area contributed by atoms with Gasteiger partial charge in [-0.2, -0.15) is 10.2 Å². The highest BCUT2D eigenvalue weighted by atomic mass is 35.5. The highest BCUT2D eigenvalue weighted by molar-refractivity contribution is 6.33. The number of halogens is 1. The zero-order chi connectivity index (χ0) is 10.6. The summed E-state index contributed by atoms with van der Waals surface area (Å²) in [6, 6.07) is 5.48. The Bertz CT molecular complexity index is 337. The third-order valence-electron chi connectivity index (χ3n) is 1.55. The number of methoxy groups -OCH3 is 1. The van der Waals surface area contributed by atoms with Gasteiger partial charge in [0.1, 0.15) is 11.4 Å². The first-order valence-electron chi connectivity index (χ1n) is 4.38. The van der Waals surface area contributed by atoms with Crippen LogP contribution in [-0.4, -0.2) is 13.2 Å². The quantitative estimate of drug-likeness (QED) is 0.701. The van der Waals surface area contributed by atoms with Gasteiger partial charge in [-0.15, -0.1) is 0 Å². The summed E-state index contributed by atoms with van der Waals surface area (Å²) in [6.07, 6.45) is 0. The van der Waals surface area contributed by atoms with Gasteiger partial charge in [0.25, 0.3) is 0 Å². The lowest BCUT2D eigenvalue weighted by atomic mass is 10.3. The molecule has 0 fully saturated rings. The van der Waals surface area contributed by atoms with E-state index in [1.165, 1.54) is 0 Å². The van der Waals surface area contributed by atoms with Crippen LogP contribution in [0.25, 0.3) is 0 Å². The number of rotatable bonds is 3. The number of ether oxygens (including phenoxy) is 1. The molecule has 1 aromatic carbocycles. The van der Waals surface area contributed by atoms with Gasteiger partial charge in [-0.25, -0.2) is 0 Å². The maximum absolute atomic E-state index is 5.96. The van der Waals surface area contributed by atoms with Crippen molar-refractivity contribution in [3.63, 3.8) is 0 Å². The molecular formula is C10H13ClN2O. The summed E-state index contributed by atoms with van der Waals surface area (Å²) in [6.45, 7) is 3.92. The number of benzene rings is 1. The topological polar surface area (TPSA) is 34.0 Å². The van der Waals surface area contributed by atoms with Crippen LogP contribution in [0.1, 0.15) is 13.8 Å².